The zero-order valence-electron chi connectivity index (χ0n) is 30.6. The van der Waals surface area contributed by atoms with Crippen molar-refractivity contribution in [2.75, 3.05) is 13.6 Å². The van der Waals surface area contributed by atoms with Crippen molar-refractivity contribution >= 4 is 29.5 Å². The van der Waals surface area contributed by atoms with Gasteiger partial charge in [0.15, 0.2) is 0 Å². The Hall–Kier alpha value is -2.77. The summed E-state index contributed by atoms with van der Waals surface area (Å²) in [5.74, 6) is -3.60. The monoisotopic (exact) mass is 682 g/mol. The highest BCUT2D eigenvalue weighted by atomic mass is 16.5. The lowest BCUT2D eigenvalue weighted by Crippen LogP contribution is -2.60. The third-order valence-electron chi connectivity index (χ3n) is 9.62. The maximum Gasteiger partial charge on any atom is 0.243 e. The summed E-state index contributed by atoms with van der Waals surface area (Å²) in [6, 6.07) is -2.81. The fourth-order valence-electron chi connectivity index (χ4n) is 6.32. The molecule has 0 spiro atoms. The Kier molecular flexibility index (Phi) is 20.5. The Balaban J connectivity index is 3.33. The average Bonchev–Trinajstić information content (AvgIpc) is 3.06. The van der Waals surface area contributed by atoms with E-state index >= 15 is 0 Å². The SMILES string of the molecule is CCCC[C@@H](O[C@@H](C)NC(=O)[C@@H](C)[C@H](C)O)[C@@H](CCCC)C(=O)N(C)[C@@H](CCC)C(=O)N[C@H](C(=O)N[C@@H](CN)C(N)=O)C1CCCCC1. The highest BCUT2D eigenvalue weighted by Gasteiger charge is 2.39. The topological polar surface area (TPSA) is 206 Å². The smallest absolute Gasteiger partial charge is 0.243 e. The number of nitrogens with two attached hydrogens (primary N) is 2. The Morgan fingerprint density at radius 2 is 1.44 bits per heavy atom. The molecular formula is C35H66N6O7. The standard InChI is InChI=1S/C35H66N6O7/c1-8-11-19-26(29(20-12-9-2)48-24(6)38-32(44)22(4)23(5)42)35(47)41(7)28(16-10-3)33(45)40-30(25-17-14-13-15-18-25)34(46)39-27(21-36)31(37)43/h22-30,42H,8-21,36H2,1-7H3,(H2,37,43)(H,38,44)(H,39,46)(H,40,45)/t22-,23-,24-,26+,27-,28-,29+,30-/m0/s1. The van der Waals surface area contributed by atoms with E-state index in [4.69, 9.17) is 16.2 Å². The van der Waals surface area contributed by atoms with Crippen molar-refractivity contribution in [2.24, 2.45) is 29.2 Å². The number of hydrogen-bond donors (Lipinski definition) is 6. The lowest BCUT2D eigenvalue weighted by Gasteiger charge is -2.36. The third-order valence-corrected chi connectivity index (χ3v) is 9.62. The average molecular weight is 683 g/mol. The molecular weight excluding hydrogens is 616 g/mol. The van der Waals surface area contributed by atoms with E-state index in [2.05, 4.69) is 22.9 Å². The van der Waals surface area contributed by atoms with Gasteiger partial charge in [0.2, 0.25) is 29.5 Å². The molecule has 5 amide bonds. The van der Waals surface area contributed by atoms with Crippen LogP contribution in [0.5, 0.6) is 0 Å². The van der Waals surface area contributed by atoms with Gasteiger partial charge in [-0.05, 0) is 51.9 Å². The molecule has 8 atom stereocenters. The number of primary amides is 1. The number of hydrogen-bond acceptors (Lipinski definition) is 8. The summed E-state index contributed by atoms with van der Waals surface area (Å²) in [4.78, 5) is 67.8. The first-order valence-corrected chi connectivity index (χ1v) is 18.2. The molecule has 13 heteroatoms. The zero-order valence-corrected chi connectivity index (χ0v) is 30.6. The van der Waals surface area contributed by atoms with Gasteiger partial charge in [0, 0.05) is 13.6 Å². The summed E-state index contributed by atoms with van der Waals surface area (Å²) in [5, 5.41) is 18.2. The van der Waals surface area contributed by atoms with E-state index in [0.717, 1.165) is 57.8 Å². The van der Waals surface area contributed by atoms with E-state index in [1.54, 1.807) is 27.8 Å². The van der Waals surface area contributed by atoms with Crippen molar-refractivity contribution in [2.45, 2.75) is 162 Å². The summed E-state index contributed by atoms with van der Waals surface area (Å²) >= 11 is 0. The maximum atomic E-state index is 14.4. The molecule has 278 valence electrons. The predicted octanol–water partition coefficient (Wildman–Crippen LogP) is 2.47. The molecule has 1 aliphatic rings. The molecule has 48 heavy (non-hydrogen) atoms. The van der Waals surface area contributed by atoms with E-state index in [-0.39, 0.29) is 24.3 Å². The lowest BCUT2D eigenvalue weighted by atomic mass is 9.83. The van der Waals surface area contributed by atoms with E-state index in [0.29, 0.717) is 25.7 Å². The van der Waals surface area contributed by atoms with Crippen LogP contribution in [-0.2, 0) is 28.7 Å². The predicted molar refractivity (Wildman–Crippen MR) is 186 cm³/mol. The summed E-state index contributed by atoms with van der Waals surface area (Å²) in [6.07, 6.45) is 7.79. The van der Waals surface area contributed by atoms with Gasteiger partial charge in [-0.15, -0.1) is 0 Å². The minimum absolute atomic E-state index is 0.130. The second kappa shape index (κ2) is 22.8. The Labute approximate surface area is 288 Å². The minimum atomic E-state index is -1.06. The van der Waals surface area contributed by atoms with Gasteiger partial charge in [-0.1, -0.05) is 79.1 Å². The number of likely N-dealkylation sites (N-methyl/N-ethyl adjacent to an activating group) is 1. The highest BCUT2D eigenvalue weighted by molar-refractivity contribution is 5.94. The van der Waals surface area contributed by atoms with Crippen LogP contribution in [0.15, 0.2) is 0 Å². The van der Waals surface area contributed by atoms with E-state index in [1.807, 2.05) is 13.8 Å². The van der Waals surface area contributed by atoms with Gasteiger partial charge < -0.3 is 42.2 Å². The van der Waals surface area contributed by atoms with Crippen molar-refractivity contribution in [3.05, 3.63) is 0 Å². The fraction of sp³-hybridized carbons (Fsp3) is 0.857. The maximum absolute atomic E-state index is 14.4. The number of aliphatic hydroxyl groups is 1. The number of unbranched alkanes of at least 4 members (excludes halogenated alkanes) is 2. The van der Waals surface area contributed by atoms with Crippen LogP contribution >= 0.6 is 0 Å². The largest absolute Gasteiger partial charge is 0.393 e. The van der Waals surface area contributed by atoms with Gasteiger partial charge in [-0.3, -0.25) is 24.0 Å². The fourth-order valence-corrected chi connectivity index (χ4v) is 6.32. The molecule has 1 fully saturated rings. The van der Waals surface area contributed by atoms with E-state index < -0.39 is 66.1 Å². The first-order valence-electron chi connectivity index (χ1n) is 18.2. The molecule has 1 saturated carbocycles. The van der Waals surface area contributed by atoms with Gasteiger partial charge in [-0.25, -0.2) is 0 Å². The minimum Gasteiger partial charge on any atom is -0.393 e. The van der Waals surface area contributed by atoms with Gasteiger partial charge in [0.05, 0.1) is 24.0 Å². The van der Waals surface area contributed by atoms with Crippen LogP contribution < -0.4 is 27.4 Å². The van der Waals surface area contributed by atoms with Crippen molar-refractivity contribution < 1.29 is 33.8 Å². The van der Waals surface area contributed by atoms with Crippen molar-refractivity contribution in [1.29, 1.82) is 0 Å². The van der Waals surface area contributed by atoms with Gasteiger partial charge in [-0.2, -0.15) is 0 Å². The molecule has 0 aromatic rings. The molecule has 0 aromatic heterocycles. The molecule has 13 nitrogen and oxygen atoms in total. The van der Waals surface area contributed by atoms with Crippen LogP contribution in [0, 0.1) is 17.8 Å². The van der Waals surface area contributed by atoms with Crippen LogP contribution in [-0.4, -0.2) is 89.7 Å². The van der Waals surface area contributed by atoms with Crippen molar-refractivity contribution in [3.8, 4) is 0 Å². The van der Waals surface area contributed by atoms with Crippen molar-refractivity contribution in [1.82, 2.24) is 20.9 Å². The molecule has 0 unspecified atom stereocenters. The summed E-state index contributed by atoms with van der Waals surface area (Å²) in [5.41, 5.74) is 11.1. The highest BCUT2D eigenvalue weighted by Crippen LogP contribution is 2.28. The molecule has 1 rings (SSSR count). The number of rotatable bonds is 23. The molecule has 0 aliphatic heterocycles. The molecule has 0 radical (unpaired) electrons. The quantitative estimate of drug-likeness (QED) is 0.0881. The molecule has 1 aliphatic carbocycles. The van der Waals surface area contributed by atoms with E-state index in [1.165, 1.54) is 4.90 Å². The molecule has 8 N–H and O–H groups in total. The van der Waals surface area contributed by atoms with Crippen LogP contribution in [0.25, 0.3) is 0 Å². The number of ether oxygens (including phenoxy) is 1. The normalized spacial score (nSPS) is 18.7. The molecule has 0 aromatic carbocycles. The first-order chi connectivity index (χ1) is 22.7. The summed E-state index contributed by atoms with van der Waals surface area (Å²) in [7, 11) is 1.63. The zero-order chi connectivity index (χ0) is 36.4. The Morgan fingerprint density at radius 3 is 1.96 bits per heavy atom. The molecule has 0 saturated heterocycles. The number of nitrogens with zero attached hydrogens (tertiary/aromatic N) is 1. The van der Waals surface area contributed by atoms with Gasteiger partial charge in [0.1, 0.15) is 24.4 Å². The number of aliphatic hydroxyl groups excluding tert-OH is 1. The Morgan fingerprint density at radius 1 is 0.833 bits per heavy atom. The van der Waals surface area contributed by atoms with Gasteiger partial charge >= 0.3 is 0 Å². The summed E-state index contributed by atoms with van der Waals surface area (Å²) in [6.45, 7) is 10.8. The van der Waals surface area contributed by atoms with Gasteiger partial charge in [0.25, 0.3) is 0 Å². The van der Waals surface area contributed by atoms with Crippen LogP contribution in [0.4, 0.5) is 0 Å². The van der Waals surface area contributed by atoms with Crippen LogP contribution in [0.1, 0.15) is 125 Å². The number of carbonyl (C=O) groups excluding carboxylic acids is 5. The number of amides is 5. The second-order valence-corrected chi connectivity index (χ2v) is 13.6. The Bertz CT molecular complexity index is 1010. The number of carbonyl (C=O) groups is 5. The number of nitrogens with one attached hydrogen (secondary N) is 3. The first kappa shape index (κ1) is 43.3. The third kappa shape index (κ3) is 14.0. The van der Waals surface area contributed by atoms with Crippen LogP contribution in [0.2, 0.25) is 0 Å². The van der Waals surface area contributed by atoms with E-state index in [9.17, 15) is 29.1 Å². The summed E-state index contributed by atoms with van der Waals surface area (Å²) < 4.78 is 6.36. The lowest BCUT2D eigenvalue weighted by molar-refractivity contribution is -0.151. The van der Waals surface area contributed by atoms with Crippen molar-refractivity contribution in [3.63, 3.8) is 0 Å². The molecule has 0 bridgehead atoms. The second-order valence-electron chi connectivity index (χ2n) is 13.6. The van der Waals surface area contributed by atoms with Crippen LogP contribution in [0.3, 0.4) is 0 Å². The molecule has 0 heterocycles.